The normalized spacial score (nSPS) is 11.0. The summed E-state index contributed by atoms with van der Waals surface area (Å²) in [7, 11) is 0. The molecule has 0 aliphatic heterocycles. The van der Waals surface area contributed by atoms with Crippen molar-refractivity contribution in [2.75, 3.05) is 0 Å². The third-order valence-corrected chi connectivity index (χ3v) is 3.70. The number of benzene rings is 2. The highest BCUT2D eigenvalue weighted by atomic mass is 35.5. The summed E-state index contributed by atoms with van der Waals surface area (Å²) in [6, 6.07) is 14.1. The van der Waals surface area contributed by atoms with Crippen molar-refractivity contribution in [3.8, 4) is 11.4 Å². The van der Waals surface area contributed by atoms with Crippen LogP contribution in [0.15, 0.2) is 57.8 Å². The minimum atomic E-state index is -0.261. The van der Waals surface area contributed by atoms with Gasteiger partial charge in [0.1, 0.15) is 12.1 Å². The molecule has 118 valence electrons. The van der Waals surface area contributed by atoms with Crippen molar-refractivity contribution in [1.82, 2.24) is 25.1 Å². The number of aromatic nitrogens is 5. The predicted octanol–water partition coefficient (Wildman–Crippen LogP) is 2.54. The molecule has 4 rings (SSSR count). The van der Waals surface area contributed by atoms with E-state index in [0.717, 1.165) is 5.56 Å². The van der Waals surface area contributed by atoms with E-state index in [1.165, 1.54) is 4.68 Å². The van der Waals surface area contributed by atoms with E-state index in [9.17, 15) is 4.79 Å². The summed E-state index contributed by atoms with van der Waals surface area (Å²) < 4.78 is 6.39. The zero-order valence-corrected chi connectivity index (χ0v) is 13.0. The largest absolute Gasteiger partial charge is 0.337 e. The molecule has 0 radical (unpaired) electrons. The lowest BCUT2D eigenvalue weighted by atomic mass is 10.2. The Balaban J connectivity index is 1.67. The molecule has 0 aliphatic rings. The Morgan fingerprint density at radius 3 is 2.88 bits per heavy atom. The van der Waals surface area contributed by atoms with Crippen LogP contribution < -0.4 is 5.56 Å². The van der Waals surface area contributed by atoms with Crippen LogP contribution in [0.5, 0.6) is 0 Å². The first-order valence-electron chi connectivity index (χ1n) is 7.12. The molecule has 0 aliphatic carbocycles. The first-order chi connectivity index (χ1) is 11.7. The average molecular weight is 340 g/mol. The van der Waals surface area contributed by atoms with Gasteiger partial charge in [-0.15, -0.1) is 5.10 Å². The summed E-state index contributed by atoms with van der Waals surface area (Å²) in [6.07, 6.45) is 0. The molecular weight excluding hydrogens is 330 g/mol. The summed E-state index contributed by atoms with van der Waals surface area (Å²) in [4.78, 5) is 16.7. The zero-order chi connectivity index (χ0) is 16.5. The molecule has 0 saturated heterocycles. The summed E-state index contributed by atoms with van der Waals surface area (Å²) in [5.74, 6) is 0.658. The molecule has 0 unspecified atom stereocenters. The van der Waals surface area contributed by atoms with E-state index in [2.05, 4.69) is 20.5 Å². The molecule has 2 aromatic heterocycles. The van der Waals surface area contributed by atoms with Gasteiger partial charge in [-0.05, 0) is 24.3 Å². The van der Waals surface area contributed by atoms with E-state index >= 15 is 0 Å². The van der Waals surface area contributed by atoms with Crippen LogP contribution >= 0.6 is 11.6 Å². The summed E-state index contributed by atoms with van der Waals surface area (Å²) in [6.45, 7) is 0.0459. The van der Waals surface area contributed by atoms with E-state index in [0.29, 0.717) is 21.7 Å². The highest BCUT2D eigenvalue weighted by Crippen LogP contribution is 2.20. The minimum absolute atomic E-state index is 0.0459. The molecule has 4 aromatic rings. The van der Waals surface area contributed by atoms with Crippen LogP contribution in [0.1, 0.15) is 5.89 Å². The van der Waals surface area contributed by atoms with E-state index in [-0.39, 0.29) is 18.0 Å². The Kier molecular flexibility index (Phi) is 3.55. The fourth-order valence-corrected chi connectivity index (χ4v) is 2.51. The Morgan fingerprint density at radius 2 is 2.00 bits per heavy atom. The number of halogens is 1. The number of hydrogen-bond donors (Lipinski definition) is 0. The van der Waals surface area contributed by atoms with Crippen LogP contribution in [-0.4, -0.2) is 25.1 Å². The van der Waals surface area contributed by atoms with E-state index in [4.69, 9.17) is 16.1 Å². The number of fused-ring (bicyclic) bond motifs is 1. The average Bonchev–Trinajstić information content (AvgIpc) is 3.06. The summed E-state index contributed by atoms with van der Waals surface area (Å²) in [5.41, 5.74) is 1.02. The van der Waals surface area contributed by atoms with E-state index < -0.39 is 0 Å². The molecule has 8 heteroatoms. The lowest BCUT2D eigenvalue weighted by molar-refractivity contribution is 0.361. The van der Waals surface area contributed by atoms with Crippen molar-refractivity contribution in [3.05, 3.63) is 69.8 Å². The van der Waals surface area contributed by atoms with Gasteiger partial charge in [-0.25, -0.2) is 4.68 Å². The van der Waals surface area contributed by atoms with Gasteiger partial charge in [0.15, 0.2) is 0 Å². The molecule has 2 aromatic carbocycles. The van der Waals surface area contributed by atoms with Gasteiger partial charge in [0, 0.05) is 10.6 Å². The van der Waals surface area contributed by atoms with Crippen LogP contribution in [0, 0.1) is 0 Å². The molecule has 2 heterocycles. The van der Waals surface area contributed by atoms with Crippen molar-refractivity contribution < 1.29 is 4.52 Å². The maximum absolute atomic E-state index is 12.4. The standard InChI is InChI=1S/C16H10ClN5O2/c17-11-5-3-4-10(8-11)15-18-14(24-20-15)9-22-16(23)12-6-1-2-7-13(12)19-21-22/h1-8H,9H2. The van der Waals surface area contributed by atoms with Crippen molar-refractivity contribution in [1.29, 1.82) is 0 Å². The van der Waals surface area contributed by atoms with Gasteiger partial charge >= 0.3 is 0 Å². The fourth-order valence-electron chi connectivity index (χ4n) is 2.32. The lowest BCUT2D eigenvalue weighted by Gasteiger charge is -2.01. The molecule has 0 spiro atoms. The van der Waals surface area contributed by atoms with Gasteiger partial charge in [-0.3, -0.25) is 4.79 Å². The maximum Gasteiger partial charge on any atom is 0.278 e. The monoisotopic (exact) mass is 339 g/mol. The Hall–Kier alpha value is -3.06. The maximum atomic E-state index is 12.4. The Bertz CT molecular complexity index is 1090. The number of nitrogens with zero attached hydrogens (tertiary/aromatic N) is 5. The molecule has 0 bridgehead atoms. The van der Waals surface area contributed by atoms with Crippen LogP contribution in [0.25, 0.3) is 22.3 Å². The van der Waals surface area contributed by atoms with Gasteiger partial charge in [-0.2, -0.15) is 4.98 Å². The van der Waals surface area contributed by atoms with Crippen LogP contribution in [-0.2, 0) is 6.54 Å². The molecule has 0 saturated carbocycles. The molecule has 24 heavy (non-hydrogen) atoms. The third-order valence-electron chi connectivity index (χ3n) is 3.47. The van der Waals surface area contributed by atoms with Gasteiger partial charge in [0.25, 0.3) is 5.56 Å². The molecule has 0 amide bonds. The second kappa shape index (κ2) is 5.86. The van der Waals surface area contributed by atoms with Gasteiger partial charge in [-0.1, -0.05) is 46.2 Å². The van der Waals surface area contributed by atoms with Crippen LogP contribution in [0.2, 0.25) is 5.02 Å². The quantitative estimate of drug-likeness (QED) is 0.570. The van der Waals surface area contributed by atoms with Crippen LogP contribution in [0.3, 0.4) is 0 Å². The summed E-state index contributed by atoms with van der Waals surface area (Å²) >= 11 is 5.96. The zero-order valence-electron chi connectivity index (χ0n) is 12.3. The van der Waals surface area contributed by atoms with Crippen molar-refractivity contribution in [2.24, 2.45) is 0 Å². The van der Waals surface area contributed by atoms with Crippen molar-refractivity contribution >= 4 is 22.5 Å². The molecular formula is C16H10ClN5O2. The minimum Gasteiger partial charge on any atom is -0.337 e. The second-order valence-corrected chi connectivity index (χ2v) is 5.53. The highest BCUT2D eigenvalue weighted by Gasteiger charge is 2.12. The van der Waals surface area contributed by atoms with Gasteiger partial charge in [0.05, 0.1) is 5.39 Å². The first kappa shape index (κ1) is 14.5. The summed E-state index contributed by atoms with van der Waals surface area (Å²) in [5, 5.41) is 12.9. The second-order valence-electron chi connectivity index (χ2n) is 5.09. The third kappa shape index (κ3) is 2.65. The van der Waals surface area contributed by atoms with E-state index in [1.54, 1.807) is 42.5 Å². The molecule has 0 N–H and O–H groups in total. The van der Waals surface area contributed by atoms with Crippen molar-refractivity contribution in [3.63, 3.8) is 0 Å². The number of hydrogen-bond acceptors (Lipinski definition) is 6. The first-order valence-corrected chi connectivity index (χ1v) is 7.49. The highest BCUT2D eigenvalue weighted by molar-refractivity contribution is 6.30. The molecule has 7 nitrogen and oxygen atoms in total. The van der Waals surface area contributed by atoms with Crippen LogP contribution in [0.4, 0.5) is 0 Å². The Morgan fingerprint density at radius 1 is 1.12 bits per heavy atom. The lowest BCUT2D eigenvalue weighted by Crippen LogP contribution is -2.24. The van der Waals surface area contributed by atoms with Crippen molar-refractivity contribution in [2.45, 2.75) is 6.54 Å². The van der Waals surface area contributed by atoms with Gasteiger partial charge < -0.3 is 4.52 Å². The van der Waals surface area contributed by atoms with Gasteiger partial charge in [0.2, 0.25) is 11.7 Å². The number of rotatable bonds is 3. The Labute approximate surface area is 140 Å². The van der Waals surface area contributed by atoms with E-state index in [1.807, 2.05) is 6.07 Å². The topological polar surface area (TPSA) is 86.7 Å². The molecule has 0 atom stereocenters. The smallest absolute Gasteiger partial charge is 0.278 e. The SMILES string of the molecule is O=c1c2ccccc2nnn1Cc1nc(-c2cccc(Cl)c2)no1. The fraction of sp³-hybridized carbons (Fsp3) is 0.0625. The molecule has 0 fully saturated rings. The predicted molar refractivity (Wildman–Crippen MR) is 87.6 cm³/mol.